The number of rotatable bonds is 7. The second-order valence-electron chi connectivity index (χ2n) is 4.52. The minimum Gasteiger partial charge on any atom is -0.392 e. The van der Waals surface area contributed by atoms with Crippen LogP contribution in [0.5, 0.6) is 0 Å². The molecule has 1 N–H and O–H groups in total. The van der Waals surface area contributed by atoms with Crippen LogP contribution in [-0.2, 0) is 4.79 Å². The highest BCUT2D eigenvalue weighted by molar-refractivity contribution is 6.07. The molecule has 0 aromatic heterocycles. The largest absolute Gasteiger partial charge is 0.392 e. The van der Waals surface area contributed by atoms with Crippen molar-refractivity contribution in [1.29, 1.82) is 0 Å². The molecule has 0 aromatic rings. The van der Waals surface area contributed by atoms with Crippen molar-refractivity contribution in [1.82, 2.24) is 0 Å². The Morgan fingerprint density at radius 3 is 2.89 bits per heavy atom. The summed E-state index contributed by atoms with van der Waals surface area (Å²) in [5, 5.41) is 9.79. The summed E-state index contributed by atoms with van der Waals surface area (Å²) < 4.78 is 0. The molecule has 98 valence electrons. The van der Waals surface area contributed by atoms with E-state index in [-0.39, 0.29) is 11.7 Å². The summed E-state index contributed by atoms with van der Waals surface area (Å²) in [6.45, 7) is 5.76. The first-order valence-corrected chi connectivity index (χ1v) is 6.55. The van der Waals surface area contributed by atoms with Gasteiger partial charge in [0.25, 0.3) is 0 Å². The Hall–Kier alpha value is -1.41. The van der Waals surface area contributed by atoms with E-state index >= 15 is 0 Å². The molecule has 0 aliphatic heterocycles. The van der Waals surface area contributed by atoms with Gasteiger partial charge in [-0.3, -0.25) is 4.79 Å². The van der Waals surface area contributed by atoms with Crippen LogP contribution in [-0.4, -0.2) is 17.0 Å². The zero-order valence-corrected chi connectivity index (χ0v) is 11.0. The van der Waals surface area contributed by atoms with E-state index in [0.717, 1.165) is 18.4 Å². The van der Waals surface area contributed by atoms with Gasteiger partial charge in [-0.1, -0.05) is 37.3 Å². The maximum Gasteiger partial charge on any atom is 0.181 e. The van der Waals surface area contributed by atoms with Crippen LogP contribution in [0.2, 0.25) is 0 Å². The molecule has 1 aliphatic carbocycles. The summed E-state index contributed by atoms with van der Waals surface area (Å²) >= 11 is 0. The van der Waals surface area contributed by atoms with Gasteiger partial charge in [0.15, 0.2) is 5.78 Å². The summed E-state index contributed by atoms with van der Waals surface area (Å²) in [4.78, 5) is 11.6. The molecule has 0 heterocycles. The number of hydrogen-bond acceptors (Lipinski definition) is 2. The maximum absolute atomic E-state index is 11.6. The number of allylic oxidation sites excluding steroid dienone is 5. The van der Waals surface area contributed by atoms with Gasteiger partial charge in [-0.2, -0.15) is 0 Å². The Bertz CT molecular complexity index is 375. The predicted molar refractivity (Wildman–Crippen MR) is 75.2 cm³/mol. The van der Waals surface area contributed by atoms with Gasteiger partial charge < -0.3 is 5.11 Å². The fourth-order valence-electron chi connectivity index (χ4n) is 2.00. The Kier molecular flexibility index (Phi) is 6.37. The summed E-state index contributed by atoms with van der Waals surface area (Å²) in [5.74, 6) is 0.214. The third-order valence-corrected chi connectivity index (χ3v) is 3.00. The van der Waals surface area contributed by atoms with E-state index in [0.29, 0.717) is 12.8 Å². The highest BCUT2D eigenvalue weighted by Crippen LogP contribution is 2.25. The van der Waals surface area contributed by atoms with Crippen molar-refractivity contribution in [2.45, 2.75) is 38.7 Å². The van der Waals surface area contributed by atoms with Gasteiger partial charge in [0.2, 0.25) is 0 Å². The molecule has 1 unspecified atom stereocenters. The monoisotopic (exact) mass is 246 g/mol. The highest BCUT2D eigenvalue weighted by atomic mass is 16.3. The van der Waals surface area contributed by atoms with Gasteiger partial charge in [-0.05, 0) is 31.8 Å². The smallest absolute Gasteiger partial charge is 0.181 e. The molecule has 1 rings (SSSR count). The van der Waals surface area contributed by atoms with Gasteiger partial charge in [-0.25, -0.2) is 0 Å². The van der Waals surface area contributed by atoms with Crippen molar-refractivity contribution in [2.24, 2.45) is 5.92 Å². The molecule has 0 aromatic carbocycles. The van der Waals surface area contributed by atoms with Crippen LogP contribution in [0.4, 0.5) is 0 Å². The molecule has 0 radical (unpaired) electrons. The lowest BCUT2D eigenvalue weighted by Gasteiger charge is -2.09. The number of aliphatic hydroxyl groups is 1. The third kappa shape index (κ3) is 4.46. The van der Waals surface area contributed by atoms with Crippen LogP contribution in [0.25, 0.3) is 0 Å². The van der Waals surface area contributed by atoms with Crippen LogP contribution in [0.15, 0.2) is 48.6 Å². The first kappa shape index (κ1) is 14.7. The summed E-state index contributed by atoms with van der Waals surface area (Å²) in [5.41, 5.74) is 0.799. The molecule has 0 amide bonds. The van der Waals surface area contributed by atoms with E-state index in [1.165, 1.54) is 0 Å². The van der Waals surface area contributed by atoms with Crippen molar-refractivity contribution in [3.8, 4) is 0 Å². The van der Waals surface area contributed by atoms with Gasteiger partial charge in [0.05, 0.1) is 6.10 Å². The van der Waals surface area contributed by atoms with Crippen LogP contribution in [0, 0.1) is 5.92 Å². The zero-order valence-electron chi connectivity index (χ0n) is 11.0. The second-order valence-corrected chi connectivity index (χ2v) is 4.52. The molecule has 0 saturated heterocycles. The summed E-state index contributed by atoms with van der Waals surface area (Å²) in [6.07, 6.45) is 13.8. The molecule has 0 saturated carbocycles. The van der Waals surface area contributed by atoms with E-state index in [4.69, 9.17) is 0 Å². The highest BCUT2D eigenvalue weighted by Gasteiger charge is 2.21. The molecule has 2 nitrogen and oxygen atoms in total. The fraction of sp³-hybridized carbons (Fsp3) is 0.438. The third-order valence-electron chi connectivity index (χ3n) is 3.00. The molecular weight excluding hydrogens is 224 g/mol. The van der Waals surface area contributed by atoms with Crippen molar-refractivity contribution in [2.75, 3.05) is 0 Å². The Labute approximate surface area is 109 Å². The number of hydrogen-bond donors (Lipinski definition) is 1. The van der Waals surface area contributed by atoms with Crippen LogP contribution in [0.1, 0.15) is 32.6 Å². The minimum atomic E-state index is -0.405. The van der Waals surface area contributed by atoms with E-state index in [1.807, 2.05) is 30.4 Å². The number of ketones is 1. The molecular formula is C16H22O2. The SMILES string of the molecule is C=CCC1C=CC(=O)/C1=C/C[C@@H](O)C/C=C\CC. The molecule has 18 heavy (non-hydrogen) atoms. The van der Waals surface area contributed by atoms with Crippen LogP contribution < -0.4 is 0 Å². The maximum atomic E-state index is 11.6. The lowest BCUT2D eigenvalue weighted by Crippen LogP contribution is -2.07. The van der Waals surface area contributed by atoms with Crippen LogP contribution >= 0.6 is 0 Å². The first-order valence-electron chi connectivity index (χ1n) is 6.55. The van der Waals surface area contributed by atoms with Crippen molar-refractivity contribution in [3.63, 3.8) is 0 Å². The first-order chi connectivity index (χ1) is 8.69. The van der Waals surface area contributed by atoms with Crippen LogP contribution in [0.3, 0.4) is 0 Å². The quantitative estimate of drug-likeness (QED) is 0.552. The van der Waals surface area contributed by atoms with Gasteiger partial charge in [0.1, 0.15) is 0 Å². The zero-order chi connectivity index (χ0) is 13.4. The van der Waals surface area contributed by atoms with Gasteiger partial charge >= 0.3 is 0 Å². The number of carbonyl (C=O) groups is 1. The molecule has 0 fully saturated rings. The van der Waals surface area contributed by atoms with E-state index in [9.17, 15) is 9.90 Å². The van der Waals surface area contributed by atoms with E-state index in [1.54, 1.807) is 6.08 Å². The minimum absolute atomic E-state index is 0.0677. The second kappa shape index (κ2) is 7.83. The standard InChI is InChI=1S/C16H22O2/c1-3-5-6-8-14(17)10-11-15-13(7-4-2)9-12-16(15)18/h4-6,9,11-14,17H,2-3,7-8,10H2,1H3/b6-5-,15-11+/t13?,14-/m0/s1. The summed E-state index contributed by atoms with van der Waals surface area (Å²) in [7, 11) is 0. The van der Waals surface area contributed by atoms with Crippen molar-refractivity contribution in [3.05, 3.63) is 48.6 Å². The average molecular weight is 246 g/mol. The lowest BCUT2D eigenvalue weighted by atomic mass is 9.96. The molecule has 0 bridgehead atoms. The molecule has 0 spiro atoms. The van der Waals surface area contributed by atoms with E-state index in [2.05, 4.69) is 13.5 Å². The number of carbonyl (C=O) groups excluding carboxylic acids is 1. The lowest BCUT2D eigenvalue weighted by molar-refractivity contribution is -0.111. The topological polar surface area (TPSA) is 37.3 Å². The van der Waals surface area contributed by atoms with Gasteiger partial charge in [0, 0.05) is 11.5 Å². The molecule has 1 aliphatic rings. The van der Waals surface area contributed by atoms with Crippen molar-refractivity contribution < 1.29 is 9.90 Å². The summed E-state index contributed by atoms with van der Waals surface area (Å²) in [6, 6.07) is 0. The van der Waals surface area contributed by atoms with Gasteiger partial charge in [-0.15, -0.1) is 6.58 Å². The Balaban J connectivity index is 2.51. The fourth-order valence-corrected chi connectivity index (χ4v) is 2.00. The predicted octanol–water partition coefficient (Wildman–Crippen LogP) is 3.35. The normalized spacial score (nSPS) is 23.1. The van der Waals surface area contributed by atoms with E-state index < -0.39 is 6.10 Å². The molecule has 2 atom stereocenters. The molecule has 2 heteroatoms. The number of aliphatic hydroxyl groups excluding tert-OH is 1. The Morgan fingerprint density at radius 2 is 2.22 bits per heavy atom. The Morgan fingerprint density at radius 1 is 1.44 bits per heavy atom. The average Bonchev–Trinajstić information content (AvgIpc) is 2.69. The van der Waals surface area contributed by atoms with Crippen molar-refractivity contribution >= 4 is 5.78 Å².